The van der Waals surface area contributed by atoms with Crippen LogP contribution in [0.15, 0.2) is 12.3 Å². The lowest BCUT2D eigenvalue weighted by Crippen LogP contribution is -2.31. The van der Waals surface area contributed by atoms with E-state index in [4.69, 9.17) is 16.9 Å². The molecule has 108 valence electrons. The highest BCUT2D eigenvalue weighted by atomic mass is 35.5. The highest BCUT2D eigenvalue weighted by molar-refractivity contribution is 6.30. The zero-order chi connectivity index (χ0) is 14.8. The van der Waals surface area contributed by atoms with E-state index in [1.807, 2.05) is 6.07 Å². The highest BCUT2D eigenvalue weighted by Gasteiger charge is 2.29. The van der Waals surface area contributed by atoms with Gasteiger partial charge in [-0.05, 0) is 43.1 Å². The highest BCUT2D eigenvalue weighted by Crippen LogP contribution is 2.38. The zero-order valence-corrected chi connectivity index (χ0v) is 13.2. The molecule has 1 heterocycles. The molecule has 0 unspecified atom stereocenters. The van der Waals surface area contributed by atoms with Crippen LogP contribution in [-0.2, 0) is 0 Å². The lowest BCUT2D eigenvalue weighted by Gasteiger charge is -2.37. The average molecular weight is 292 g/mol. The molecule has 1 aliphatic rings. The molecular formula is C16H22ClN3. The van der Waals surface area contributed by atoms with E-state index >= 15 is 0 Å². The van der Waals surface area contributed by atoms with Crippen molar-refractivity contribution in [2.45, 2.75) is 52.5 Å². The monoisotopic (exact) mass is 291 g/mol. The lowest BCUT2D eigenvalue weighted by atomic mass is 9.71. The number of halogens is 1. The number of nitrogens with one attached hydrogen (secondary N) is 1. The first-order valence-corrected chi connectivity index (χ1v) is 7.60. The Kier molecular flexibility index (Phi) is 4.55. The van der Waals surface area contributed by atoms with Crippen LogP contribution in [0.2, 0.25) is 5.15 Å². The minimum absolute atomic E-state index is 0.279. The predicted molar refractivity (Wildman–Crippen MR) is 82.8 cm³/mol. The van der Waals surface area contributed by atoms with Crippen molar-refractivity contribution in [2.75, 3.05) is 5.32 Å². The summed E-state index contributed by atoms with van der Waals surface area (Å²) in [7, 11) is 0. The molecule has 0 bridgehead atoms. The number of nitriles is 1. The summed E-state index contributed by atoms with van der Waals surface area (Å²) in [5.74, 6) is 0.789. The molecule has 0 aromatic carbocycles. The summed E-state index contributed by atoms with van der Waals surface area (Å²) in [4.78, 5) is 3.95. The second-order valence-corrected chi connectivity index (χ2v) is 7.05. The van der Waals surface area contributed by atoms with Crippen LogP contribution in [0.5, 0.6) is 0 Å². The fraction of sp³-hybridized carbons (Fsp3) is 0.625. The van der Waals surface area contributed by atoms with Crippen molar-refractivity contribution in [2.24, 2.45) is 11.3 Å². The van der Waals surface area contributed by atoms with E-state index in [0.717, 1.165) is 24.4 Å². The molecule has 3 nitrogen and oxygen atoms in total. The van der Waals surface area contributed by atoms with E-state index in [0.29, 0.717) is 17.0 Å². The number of anilines is 1. The van der Waals surface area contributed by atoms with Crippen molar-refractivity contribution < 1.29 is 0 Å². The van der Waals surface area contributed by atoms with E-state index < -0.39 is 0 Å². The van der Waals surface area contributed by atoms with Gasteiger partial charge < -0.3 is 5.32 Å². The summed E-state index contributed by atoms with van der Waals surface area (Å²) >= 11 is 5.96. The van der Waals surface area contributed by atoms with Crippen molar-refractivity contribution in [3.05, 3.63) is 23.0 Å². The van der Waals surface area contributed by atoms with Gasteiger partial charge in [-0.3, -0.25) is 0 Å². The third kappa shape index (κ3) is 3.43. The lowest BCUT2D eigenvalue weighted by molar-refractivity contribution is 0.173. The number of rotatable bonds is 2. The number of aromatic nitrogens is 1. The van der Waals surface area contributed by atoms with Gasteiger partial charge in [-0.1, -0.05) is 32.4 Å². The van der Waals surface area contributed by atoms with Gasteiger partial charge >= 0.3 is 0 Å². The topological polar surface area (TPSA) is 48.7 Å². The molecule has 0 amide bonds. The molecule has 0 saturated heterocycles. The van der Waals surface area contributed by atoms with Crippen LogP contribution in [0, 0.1) is 22.7 Å². The van der Waals surface area contributed by atoms with Gasteiger partial charge in [0.25, 0.3) is 0 Å². The Morgan fingerprint density at radius 2 is 1.95 bits per heavy atom. The first kappa shape index (κ1) is 15.1. The molecule has 0 spiro atoms. The van der Waals surface area contributed by atoms with Gasteiger partial charge in [0, 0.05) is 12.2 Å². The summed E-state index contributed by atoms with van der Waals surface area (Å²) in [5, 5.41) is 12.9. The van der Waals surface area contributed by atoms with E-state index in [-0.39, 0.29) is 5.15 Å². The standard InChI is InChI=1S/C16H22ClN3/c1-16(2,3)11-4-6-12(7-5-11)20-14-8-9-19-15(17)13(14)10-18/h8-9,11-12H,4-7H2,1-3H3,(H,19,20)/t11-,12+. The first-order valence-electron chi connectivity index (χ1n) is 7.23. The normalized spacial score (nSPS) is 23.1. The Hall–Kier alpha value is -1.27. The van der Waals surface area contributed by atoms with E-state index in [9.17, 15) is 0 Å². The number of pyridine rings is 1. The minimum atomic E-state index is 0.279. The van der Waals surface area contributed by atoms with Crippen LogP contribution in [0.1, 0.15) is 52.0 Å². The van der Waals surface area contributed by atoms with Crippen molar-refractivity contribution in [3.8, 4) is 6.07 Å². The van der Waals surface area contributed by atoms with Gasteiger partial charge in [0.15, 0.2) is 0 Å². The Labute approximate surface area is 126 Å². The average Bonchev–Trinajstić information content (AvgIpc) is 2.38. The Morgan fingerprint density at radius 1 is 1.30 bits per heavy atom. The van der Waals surface area contributed by atoms with Crippen molar-refractivity contribution in [3.63, 3.8) is 0 Å². The van der Waals surface area contributed by atoms with Crippen molar-refractivity contribution in [1.82, 2.24) is 4.98 Å². The van der Waals surface area contributed by atoms with Crippen LogP contribution in [0.25, 0.3) is 0 Å². The second kappa shape index (κ2) is 6.01. The quantitative estimate of drug-likeness (QED) is 0.809. The summed E-state index contributed by atoms with van der Waals surface area (Å²) in [6, 6.07) is 4.39. The van der Waals surface area contributed by atoms with E-state index in [1.165, 1.54) is 12.8 Å². The molecule has 1 N–H and O–H groups in total. The van der Waals surface area contributed by atoms with Crippen LogP contribution in [-0.4, -0.2) is 11.0 Å². The smallest absolute Gasteiger partial charge is 0.148 e. The van der Waals surface area contributed by atoms with E-state index in [1.54, 1.807) is 6.20 Å². The van der Waals surface area contributed by atoms with E-state index in [2.05, 4.69) is 37.1 Å². The second-order valence-electron chi connectivity index (χ2n) is 6.70. The molecule has 4 heteroatoms. The maximum Gasteiger partial charge on any atom is 0.148 e. The molecule has 1 saturated carbocycles. The maximum atomic E-state index is 9.16. The van der Waals surface area contributed by atoms with Crippen LogP contribution in [0.4, 0.5) is 5.69 Å². The van der Waals surface area contributed by atoms with Gasteiger partial charge in [0.1, 0.15) is 16.8 Å². The van der Waals surface area contributed by atoms with Crippen LogP contribution < -0.4 is 5.32 Å². The number of nitrogens with zero attached hydrogens (tertiary/aromatic N) is 2. The molecule has 0 atom stereocenters. The molecule has 0 aliphatic heterocycles. The van der Waals surface area contributed by atoms with Crippen molar-refractivity contribution >= 4 is 17.3 Å². The molecular weight excluding hydrogens is 270 g/mol. The van der Waals surface area contributed by atoms with Gasteiger partial charge in [0.05, 0.1) is 5.69 Å². The summed E-state index contributed by atoms with van der Waals surface area (Å²) in [6.45, 7) is 6.96. The van der Waals surface area contributed by atoms with Crippen LogP contribution in [0.3, 0.4) is 0 Å². The first-order chi connectivity index (χ1) is 9.41. The summed E-state index contributed by atoms with van der Waals surface area (Å²) in [5.41, 5.74) is 1.65. The molecule has 1 aromatic heterocycles. The maximum absolute atomic E-state index is 9.16. The van der Waals surface area contributed by atoms with Gasteiger partial charge in [-0.15, -0.1) is 0 Å². The van der Waals surface area contributed by atoms with Gasteiger partial charge in [-0.25, -0.2) is 4.98 Å². The Balaban J connectivity index is 2.00. The predicted octanol–water partition coefficient (Wildman–Crippen LogP) is 4.62. The Bertz CT molecular complexity index is 505. The summed E-state index contributed by atoms with van der Waals surface area (Å²) in [6.07, 6.45) is 6.41. The largest absolute Gasteiger partial charge is 0.381 e. The van der Waals surface area contributed by atoms with Gasteiger partial charge in [0.2, 0.25) is 0 Å². The summed E-state index contributed by atoms with van der Waals surface area (Å²) < 4.78 is 0. The van der Waals surface area contributed by atoms with Crippen LogP contribution >= 0.6 is 11.6 Å². The molecule has 20 heavy (non-hydrogen) atoms. The third-order valence-corrected chi connectivity index (χ3v) is 4.61. The SMILES string of the molecule is CC(C)(C)[C@H]1CC[C@@H](Nc2ccnc(Cl)c2C#N)CC1. The minimum Gasteiger partial charge on any atom is -0.381 e. The molecule has 1 fully saturated rings. The zero-order valence-electron chi connectivity index (χ0n) is 12.4. The number of hydrogen-bond donors (Lipinski definition) is 1. The molecule has 1 aromatic rings. The number of hydrogen-bond acceptors (Lipinski definition) is 3. The molecule has 1 aliphatic carbocycles. The third-order valence-electron chi connectivity index (χ3n) is 4.33. The Morgan fingerprint density at radius 3 is 2.50 bits per heavy atom. The fourth-order valence-electron chi connectivity index (χ4n) is 2.99. The molecule has 2 rings (SSSR count). The fourth-order valence-corrected chi connectivity index (χ4v) is 3.19. The van der Waals surface area contributed by atoms with Gasteiger partial charge in [-0.2, -0.15) is 5.26 Å². The molecule has 0 radical (unpaired) electrons. The van der Waals surface area contributed by atoms with Crippen molar-refractivity contribution in [1.29, 1.82) is 5.26 Å².